The second-order valence-corrected chi connectivity index (χ2v) is 3.13. The van der Waals surface area contributed by atoms with Crippen molar-refractivity contribution in [1.29, 1.82) is 0 Å². The highest BCUT2D eigenvalue weighted by molar-refractivity contribution is 5.83. The Hall–Kier alpha value is -1.30. The van der Waals surface area contributed by atoms with Crippen LogP contribution in [-0.4, -0.2) is 44.7 Å². The van der Waals surface area contributed by atoms with Gasteiger partial charge in [0.15, 0.2) is 5.96 Å². The van der Waals surface area contributed by atoms with Gasteiger partial charge in [0.2, 0.25) is 5.91 Å². The van der Waals surface area contributed by atoms with E-state index in [1.54, 1.807) is 0 Å². The van der Waals surface area contributed by atoms with Gasteiger partial charge in [0, 0.05) is 26.3 Å². The molecule has 6 nitrogen and oxygen atoms in total. The van der Waals surface area contributed by atoms with Gasteiger partial charge in [0.25, 0.3) is 0 Å². The summed E-state index contributed by atoms with van der Waals surface area (Å²) in [5, 5.41) is 5.54. The Labute approximate surface area is 96.6 Å². The van der Waals surface area contributed by atoms with Gasteiger partial charge in [0.05, 0.1) is 0 Å². The zero-order valence-corrected chi connectivity index (χ0v) is 10.1. The Morgan fingerprint density at radius 2 is 2.12 bits per heavy atom. The fourth-order valence-corrected chi connectivity index (χ4v) is 1.00. The second kappa shape index (κ2) is 10.2. The number of aliphatic imine (C=N–C) groups is 1. The summed E-state index contributed by atoms with van der Waals surface area (Å²) in [5.74, 6) is 0.171. The van der Waals surface area contributed by atoms with Crippen LogP contribution < -0.4 is 16.4 Å². The summed E-state index contributed by atoms with van der Waals surface area (Å²) < 4.78 is 5.16. The molecule has 0 rings (SSSR count). The fourth-order valence-electron chi connectivity index (χ4n) is 1.00. The van der Waals surface area contributed by atoms with Crippen molar-refractivity contribution in [1.82, 2.24) is 10.6 Å². The number of amides is 1. The zero-order valence-electron chi connectivity index (χ0n) is 10.1. The molecule has 1 amide bonds. The Morgan fingerprint density at radius 3 is 2.75 bits per heavy atom. The summed E-state index contributed by atoms with van der Waals surface area (Å²) in [4.78, 5) is 14.9. The minimum absolute atomic E-state index is 0.0676. The Kier molecular flexibility index (Phi) is 9.39. The van der Waals surface area contributed by atoms with E-state index in [9.17, 15) is 4.79 Å². The van der Waals surface area contributed by atoms with Crippen molar-refractivity contribution in [3.8, 4) is 0 Å². The first kappa shape index (κ1) is 14.7. The molecule has 0 saturated carbocycles. The van der Waals surface area contributed by atoms with Crippen LogP contribution in [0.15, 0.2) is 4.99 Å². The highest BCUT2D eigenvalue weighted by atomic mass is 16.5. The third-order valence-corrected chi connectivity index (χ3v) is 1.74. The van der Waals surface area contributed by atoms with E-state index in [0.717, 1.165) is 13.0 Å². The molecule has 0 atom stereocenters. The normalized spacial score (nSPS) is 11.2. The summed E-state index contributed by atoms with van der Waals surface area (Å²) in [6, 6.07) is 0. The summed E-state index contributed by atoms with van der Waals surface area (Å²) >= 11 is 0. The SMILES string of the molecule is CCNC(=O)CN=C(N)NCCCOCC. The lowest BCUT2D eigenvalue weighted by molar-refractivity contribution is -0.119. The van der Waals surface area contributed by atoms with E-state index in [1.165, 1.54) is 0 Å². The molecule has 0 aromatic rings. The topological polar surface area (TPSA) is 88.7 Å². The second-order valence-electron chi connectivity index (χ2n) is 3.13. The minimum atomic E-state index is -0.124. The number of nitrogens with zero attached hydrogens (tertiary/aromatic N) is 1. The molecule has 0 aliphatic heterocycles. The van der Waals surface area contributed by atoms with Crippen LogP contribution in [0.5, 0.6) is 0 Å². The highest BCUT2D eigenvalue weighted by Crippen LogP contribution is 1.80. The Balaban J connectivity index is 3.51. The van der Waals surface area contributed by atoms with E-state index in [2.05, 4.69) is 15.6 Å². The number of carbonyl (C=O) groups excluding carboxylic acids is 1. The van der Waals surface area contributed by atoms with Crippen LogP contribution >= 0.6 is 0 Å². The molecular formula is C10H22N4O2. The lowest BCUT2D eigenvalue weighted by Gasteiger charge is -2.05. The van der Waals surface area contributed by atoms with Gasteiger partial charge in [-0.25, -0.2) is 4.99 Å². The molecule has 16 heavy (non-hydrogen) atoms. The van der Waals surface area contributed by atoms with Crippen molar-refractivity contribution in [3.05, 3.63) is 0 Å². The quantitative estimate of drug-likeness (QED) is 0.297. The van der Waals surface area contributed by atoms with Crippen LogP contribution in [0, 0.1) is 0 Å². The molecule has 4 N–H and O–H groups in total. The van der Waals surface area contributed by atoms with Crippen LogP contribution in [-0.2, 0) is 9.53 Å². The van der Waals surface area contributed by atoms with Gasteiger partial charge in [0.1, 0.15) is 6.54 Å². The molecule has 0 unspecified atom stereocenters. The molecule has 0 heterocycles. The standard InChI is InChI=1S/C10H22N4O2/c1-3-12-9(15)8-14-10(11)13-6-5-7-16-4-2/h3-8H2,1-2H3,(H,12,15)(H3,11,13,14). The number of carbonyl (C=O) groups is 1. The molecule has 0 aliphatic carbocycles. The van der Waals surface area contributed by atoms with E-state index < -0.39 is 0 Å². The lowest BCUT2D eigenvalue weighted by Crippen LogP contribution is -2.34. The van der Waals surface area contributed by atoms with E-state index in [-0.39, 0.29) is 12.5 Å². The molecule has 0 aromatic heterocycles. The predicted octanol–water partition coefficient (Wildman–Crippen LogP) is -0.547. The maximum absolute atomic E-state index is 11.0. The molecule has 94 valence electrons. The van der Waals surface area contributed by atoms with Crippen LogP contribution in [0.4, 0.5) is 0 Å². The summed E-state index contributed by atoms with van der Waals surface area (Å²) in [5.41, 5.74) is 5.55. The first-order valence-corrected chi connectivity index (χ1v) is 5.58. The average molecular weight is 230 g/mol. The lowest BCUT2D eigenvalue weighted by atomic mass is 10.4. The van der Waals surface area contributed by atoms with Crippen molar-refractivity contribution in [2.75, 3.05) is 32.8 Å². The van der Waals surface area contributed by atoms with E-state index >= 15 is 0 Å². The molecule has 6 heteroatoms. The van der Waals surface area contributed by atoms with Gasteiger partial charge >= 0.3 is 0 Å². The van der Waals surface area contributed by atoms with Crippen LogP contribution in [0.3, 0.4) is 0 Å². The first-order valence-electron chi connectivity index (χ1n) is 5.58. The predicted molar refractivity (Wildman–Crippen MR) is 64.3 cm³/mol. The molecule has 0 bridgehead atoms. The number of hydrogen-bond donors (Lipinski definition) is 3. The van der Waals surface area contributed by atoms with Crippen molar-refractivity contribution in [3.63, 3.8) is 0 Å². The molecular weight excluding hydrogens is 208 g/mol. The average Bonchev–Trinajstić information content (AvgIpc) is 2.26. The van der Waals surface area contributed by atoms with Crippen LogP contribution in [0.1, 0.15) is 20.3 Å². The number of nitrogens with two attached hydrogens (primary N) is 1. The molecule has 0 aliphatic rings. The van der Waals surface area contributed by atoms with Crippen molar-refractivity contribution < 1.29 is 9.53 Å². The fraction of sp³-hybridized carbons (Fsp3) is 0.800. The molecule has 0 aromatic carbocycles. The number of likely N-dealkylation sites (N-methyl/N-ethyl adjacent to an activating group) is 1. The molecule has 0 spiro atoms. The van der Waals surface area contributed by atoms with Gasteiger partial charge in [-0.15, -0.1) is 0 Å². The Bertz CT molecular complexity index is 219. The largest absolute Gasteiger partial charge is 0.382 e. The van der Waals surface area contributed by atoms with E-state index in [4.69, 9.17) is 10.5 Å². The maximum atomic E-state index is 11.0. The van der Waals surface area contributed by atoms with E-state index in [0.29, 0.717) is 25.7 Å². The summed E-state index contributed by atoms with van der Waals surface area (Å²) in [6.07, 6.45) is 0.866. The van der Waals surface area contributed by atoms with Gasteiger partial charge in [-0.1, -0.05) is 0 Å². The third-order valence-electron chi connectivity index (χ3n) is 1.74. The molecule has 0 radical (unpaired) electrons. The number of ether oxygens (including phenoxy) is 1. The molecule has 0 fully saturated rings. The minimum Gasteiger partial charge on any atom is -0.382 e. The highest BCUT2D eigenvalue weighted by Gasteiger charge is 1.97. The number of hydrogen-bond acceptors (Lipinski definition) is 3. The van der Waals surface area contributed by atoms with Crippen molar-refractivity contribution in [2.24, 2.45) is 10.7 Å². The monoisotopic (exact) mass is 230 g/mol. The van der Waals surface area contributed by atoms with Crippen LogP contribution in [0.2, 0.25) is 0 Å². The maximum Gasteiger partial charge on any atom is 0.241 e. The van der Waals surface area contributed by atoms with E-state index in [1.807, 2.05) is 13.8 Å². The van der Waals surface area contributed by atoms with Crippen LogP contribution in [0.25, 0.3) is 0 Å². The number of nitrogens with one attached hydrogen (secondary N) is 2. The van der Waals surface area contributed by atoms with Crippen molar-refractivity contribution in [2.45, 2.75) is 20.3 Å². The first-order chi connectivity index (χ1) is 7.70. The number of rotatable bonds is 8. The zero-order chi connectivity index (χ0) is 12.2. The van der Waals surface area contributed by atoms with Gasteiger partial charge < -0.3 is 21.1 Å². The summed E-state index contributed by atoms with van der Waals surface area (Å²) in [7, 11) is 0. The van der Waals surface area contributed by atoms with Gasteiger partial charge in [-0.2, -0.15) is 0 Å². The smallest absolute Gasteiger partial charge is 0.241 e. The summed E-state index contributed by atoms with van der Waals surface area (Å²) in [6.45, 7) is 6.61. The Morgan fingerprint density at radius 1 is 1.38 bits per heavy atom. The molecule has 0 saturated heterocycles. The number of guanidine groups is 1. The van der Waals surface area contributed by atoms with Gasteiger partial charge in [-0.05, 0) is 20.3 Å². The van der Waals surface area contributed by atoms with Gasteiger partial charge in [-0.3, -0.25) is 4.79 Å². The van der Waals surface area contributed by atoms with Crippen molar-refractivity contribution >= 4 is 11.9 Å². The third kappa shape index (κ3) is 9.26.